The lowest BCUT2D eigenvalue weighted by molar-refractivity contribution is -0.561. The van der Waals surface area contributed by atoms with Crippen molar-refractivity contribution >= 4 is 6.29 Å². The number of hydrogen-bond acceptors (Lipinski definition) is 6. The van der Waals surface area contributed by atoms with Gasteiger partial charge in [-0.3, -0.25) is 20.2 Å². The molecule has 0 amide bonds. The fraction of sp³-hybridized carbons (Fsp3) is 0.833. The number of unbranched alkanes of at least 4 members (excludes halogenated alkanes) is 4. The third kappa shape index (κ3) is 12.5. The van der Waals surface area contributed by atoms with E-state index < -0.39 is 23.1 Å². The Morgan fingerprint density at radius 1 is 0.885 bits per heavy atom. The smallest absolute Gasteiger partial charge is 0.220 e. The van der Waals surface area contributed by atoms with Gasteiger partial charge >= 0.3 is 0 Å². The van der Waals surface area contributed by atoms with Crippen molar-refractivity contribution in [3.63, 3.8) is 0 Å². The predicted octanol–water partition coefficient (Wildman–Crippen LogP) is 3.70. The molecule has 0 aliphatic carbocycles. The molecule has 26 heavy (non-hydrogen) atoms. The summed E-state index contributed by atoms with van der Waals surface area (Å²) in [6.07, 6.45) is 9.86. The van der Waals surface area contributed by atoms with Crippen molar-refractivity contribution < 1.29 is 19.7 Å². The van der Waals surface area contributed by atoms with Crippen LogP contribution in [0.4, 0.5) is 0 Å². The molecule has 0 radical (unpaired) electrons. The van der Waals surface area contributed by atoms with Gasteiger partial charge in [-0.1, -0.05) is 38.3 Å². The van der Waals surface area contributed by atoms with Gasteiger partial charge in [-0.05, 0) is 32.1 Å². The fourth-order valence-corrected chi connectivity index (χ4v) is 2.78. The molecule has 0 saturated carbocycles. The minimum Gasteiger partial charge on any atom is -0.386 e. The third-order valence-corrected chi connectivity index (χ3v) is 4.39. The van der Waals surface area contributed by atoms with Crippen LogP contribution in [-0.4, -0.2) is 39.4 Å². The molecule has 3 unspecified atom stereocenters. The summed E-state index contributed by atoms with van der Waals surface area (Å²) in [4.78, 5) is 31.9. The van der Waals surface area contributed by atoms with Gasteiger partial charge in [0.25, 0.3) is 0 Å². The highest BCUT2D eigenvalue weighted by Gasteiger charge is 2.30. The molecular formula is C18H32N2O6. The van der Waals surface area contributed by atoms with Crippen LogP contribution in [0.5, 0.6) is 0 Å². The fourth-order valence-electron chi connectivity index (χ4n) is 2.78. The highest BCUT2D eigenvalue weighted by molar-refractivity contribution is 5.55. The maximum atomic E-state index is 11.2. The quantitative estimate of drug-likeness (QED) is 0.136. The number of allylic oxidation sites excluding steroid dienone is 2. The van der Waals surface area contributed by atoms with E-state index in [1.807, 2.05) is 12.2 Å². The number of aldehydes is 1. The second-order valence-electron chi connectivity index (χ2n) is 6.65. The van der Waals surface area contributed by atoms with Gasteiger partial charge < -0.3 is 9.90 Å². The molecule has 1 N–H and O–H groups in total. The lowest BCUT2D eigenvalue weighted by Gasteiger charge is -2.13. The number of hydrogen-bond donors (Lipinski definition) is 1. The van der Waals surface area contributed by atoms with Gasteiger partial charge in [0.2, 0.25) is 12.1 Å². The first-order valence-electron chi connectivity index (χ1n) is 9.47. The molecule has 0 saturated heterocycles. The van der Waals surface area contributed by atoms with Crippen molar-refractivity contribution in [2.24, 2.45) is 0 Å². The van der Waals surface area contributed by atoms with Crippen molar-refractivity contribution in [2.45, 2.75) is 95.7 Å². The van der Waals surface area contributed by atoms with Crippen molar-refractivity contribution in [2.75, 3.05) is 0 Å². The number of nitrogens with zero attached hydrogens (tertiary/aromatic N) is 2. The molecule has 8 nitrogen and oxygen atoms in total. The third-order valence-electron chi connectivity index (χ3n) is 4.39. The first kappa shape index (κ1) is 24.2. The van der Waals surface area contributed by atoms with Gasteiger partial charge in [-0.15, -0.1) is 0 Å². The minimum atomic E-state index is -0.932. The van der Waals surface area contributed by atoms with E-state index in [0.29, 0.717) is 38.4 Å². The van der Waals surface area contributed by atoms with Gasteiger partial charge in [-0.2, -0.15) is 0 Å². The zero-order chi connectivity index (χ0) is 19.8. The lowest BCUT2D eigenvalue weighted by atomic mass is 9.98. The normalized spacial score (nSPS) is 14.8. The van der Waals surface area contributed by atoms with E-state index in [1.165, 1.54) is 0 Å². The van der Waals surface area contributed by atoms with Crippen LogP contribution in [0.1, 0.15) is 77.6 Å². The van der Waals surface area contributed by atoms with Crippen molar-refractivity contribution in [3.8, 4) is 0 Å². The van der Waals surface area contributed by atoms with Crippen LogP contribution in [0.2, 0.25) is 0 Å². The first-order valence-corrected chi connectivity index (χ1v) is 9.47. The number of carbonyl (C=O) groups is 1. The Kier molecular flexibility index (Phi) is 14.3. The van der Waals surface area contributed by atoms with Gasteiger partial charge in [0.15, 0.2) is 0 Å². The van der Waals surface area contributed by atoms with Gasteiger partial charge in [0, 0.05) is 22.7 Å². The maximum absolute atomic E-state index is 11.2. The summed E-state index contributed by atoms with van der Waals surface area (Å²) in [5.41, 5.74) is 0. The second-order valence-corrected chi connectivity index (χ2v) is 6.65. The second kappa shape index (κ2) is 15.4. The van der Waals surface area contributed by atoms with Crippen LogP contribution < -0.4 is 0 Å². The monoisotopic (exact) mass is 372 g/mol. The summed E-state index contributed by atoms with van der Waals surface area (Å²) >= 11 is 0. The van der Waals surface area contributed by atoms with Crippen molar-refractivity contribution in [1.82, 2.24) is 0 Å². The number of carbonyl (C=O) groups excluding carboxylic acids is 1. The van der Waals surface area contributed by atoms with Crippen LogP contribution in [0.25, 0.3) is 0 Å². The molecule has 0 rings (SSSR count). The van der Waals surface area contributed by atoms with Crippen LogP contribution in [0.15, 0.2) is 12.2 Å². The number of nitro groups is 2. The molecule has 0 fully saturated rings. The van der Waals surface area contributed by atoms with Gasteiger partial charge in [0.05, 0.1) is 6.42 Å². The molecule has 0 aliphatic heterocycles. The SMILES string of the molecule is CCCCCCC(CC(CC/C=C/CCCC(O)C=O)[N+](=O)[O-])[N+](=O)[O-]. The largest absolute Gasteiger partial charge is 0.386 e. The average Bonchev–Trinajstić information content (AvgIpc) is 2.60. The summed E-state index contributed by atoms with van der Waals surface area (Å²) in [6.45, 7) is 2.06. The van der Waals surface area contributed by atoms with Gasteiger partial charge in [-0.25, -0.2) is 0 Å². The zero-order valence-electron chi connectivity index (χ0n) is 15.6. The van der Waals surface area contributed by atoms with E-state index in [9.17, 15) is 25.0 Å². The first-order chi connectivity index (χ1) is 12.4. The van der Waals surface area contributed by atoms with E-state index in [2.05, 4.69) is 6.92 Å². The Morgan fingerprint density at radius 3 is 2.08 bits per heavy atom. The standard InChI is InChI=1S/C18H32N2O6/c1-2-3-4-8-11-16(19(23)24)14-17(20(25)26)12-9-6-5-7-10-13-18(22)15-21/h5-6,15-18,22H,2-4,7-14H2,1H3/b6-5+. The summed E-state index contributed by atoms with van der Waals surface area (Å²) < 4.78 is 0. The summed E-state index contributed by atoms with van der Waals surface area (Å²) in [7, 11) is 0. The number of aliphatic hydroxyl groups excluding tert-OH is 1. The molecule has 0 heterocycles. The van der Waals surface area contributed by atoms with Crippen LogP contribution in [-0.2, 0) is 4.79 Å². The molecule has 0 aromatic carbocycles. The average molecular weight is 372 g/mol. The minimum absolute atomic E-state index is 0.0223. The molecule has 0 spiro atoms. The Morgan fingerprint density at radius 2 is 1.50 bits per heavy atom. The summed E-state index contributed by atoms with van der Waals surface area (Å²) in [5.74, 6) is 0. The van der Waals surface area contributed by atoms with E-state index in [4.69, 9.17) is 5.11 Å². The highest BCUT2D eigenvalue weighted by Crippen LogP contribution is 2.17. The van der Waals surface area contributed by atoms with Crippen LogP contribution in [0, 0.1) is 20.2 Å². The van der Waals surface area contributed by atoms with E-state index in [-0.39, 0.29) is 17.8 Å². The number of aliphatic hydroxyl groups is 1. The van der Waals surface area contributed by atoms with Crippen molar-refractivity contribution in [1.29, 1.82) is 0 Å². The Balaban J connectivity index is 4.25. The Labute approximate surface area is 155 Å². The lowest BCUT2D eigenvalue weighted by Crippen LogP contribution is -2.30. The van der Waals surface area contributed by atoms with Crippen LogP contribution >= 0.6 is 0 Å². The Bertz CT molecular complexity index is 441. The number of rotatable bonds is 17. The Hall–Kier alpha value is -1.83. The summed E-state index contributed by atoms with van der Waals surface area (Å²) in [5, 5.41) is 31.5. The highest BCUT2D eigenvalue weighted by atomic mass is 16.6. The maximum Gasteiger partial charge on any atom is 0.220 e. The molecule has 0 bridgehead atoms. The van der Waals surface area contributed by atoms with Crippen molar-refractivity contribution in [3.05, 3.63) is 32.4 Å². The van der Waals surface area contributed by atoms with E-state index in [1.54, 1.807) is 0 Å². The molecule has 3 atom stereocenters. The summed E-state index contributed by atoms with van der Waals surface area (Å²) in [6, 6.07) is -1.76. The predicted molar refractivity (Wildman–Crippen MR) is 99.2 cm³/mol. The zero-order valence-corrected chi connectivity index (χ0v) is 15.6. The molecule has 0 aliphatic rings. The molecule has 0 aromatic heterocycles. The molecule has 0 aromatic rings. The molecule has 150 valence electrons. The van der Waals surface area contributed by atoms with E-state index >= 15 is 0 Å². The van der Waals surface area contributed by atoms with E-state index in [0.717, 1.165) is 25.7 Å². The molecular weight excluding hydrogens is 340 g/mol. The topological polar surface area (TPSA) is 124 Å². The van der Waals surface area contributed by atoms with Crippen LogP contribution in [0.3, 0.4) is 0 Å². The van der Waals surface area contributed by atoms with Gasteiger partial charge in [0.1, 0.15) is 12.4 Å². The molecule has 8 heteroatoms.